The zero-order chi connectivity index (χ0) is 15.9. The number of thioether (sulfide) groups is 1. The molecule has 0 saturated carbocycles. The molecule has 0 aliphatic carbocycles. The van der Waals surface area contributed by atoms with E-state index >= 15 is 0 Å². The van der Waals surface area contributed by atoms with Crippen LogP contribution in [-0.4, -0.2) is 5.91 Å². The zero-order valence-corrected chi connectivity index (χ0v) is 14.2. The van der Waals surface area contributed by atoms with E-state index in [2.05, 4.69) is 15.9 Å². The number of carbonyl (C=O) groups is 1. The van der Waals surface area contributed by atoms with E-state index in [0.717, 1.165) is 15.6 Å². The predicted molar refractivity (Wildman–Crippen MR) is 92.9 cm³/mol. The summed E-state index contributed by atoms with van der Waals surface area (Å²) < 4.78 is 0.954. The molecule has 0 aliphatic heterocycles. The van der Waals surface area contributed by atoms with Gasteiger partial charge in [0, 0.05) is 10.2 Å². The smallest absolute Gasteiger partial charge is 0.236 e. The molecule has 5 heteroatoms. The lowest BCUT2D eigenvalue weighted by Gasteiger charge is -2.20. The van der Waals surface area contributed by atoms with Crippen LogP contribution in [-0.2, 0) is 10.5 Å². The lowest BCUT2D eigenvalue weighted by atomic mass is 9.99. The fraction of sp³-hybridized carbons (Fsp3) is 0.176. The van der Waals surface area contributed by atoms with Gasteiger partial charge in [-0.3, -0.25) is 4.79 Å². The largest absolute Gasteiger partial charge is 0.368 e. The predicted octanol–water partition coefficient (Wildman–Crippen LogP) is 4.05. The van der Waals surface area contributed by atoms with Crippen LogP contribution in [0.2, 0.25) is 0 Å². The molecule has 2 rings (SSSR count). The summed E-state index contributed by atoms with van der Waals surface area (Å²) in [5.74, 6) is -0.724. The number of benzene rings is 2. The SMILES string of the molecule is N#C[C@@H](C(N)=O)[C@@H](SCc1ccccc1)c1ccc(Br)cc1. The van der Waals surface area contributed by atoms with Gasteiger partial charge in [0.1, 0.15) is 5.92 Å². The van der Waals surface area contributed by atoms with Gasteiger partial charge in [-0.25, -0.2) is 0 Å². The molecule has 0 aromatic heterocycles. The number of carbonyl (C=O) groups excluding carboxylic acids is 1. The second-order valence-electron chi connectivity index (χ2n) is 4.78. The van der Waals surface area contributed by atoms with Gasteiger partial charge < -0.3 is 5.73 Å². The van der Waals surface area contributed by atoms with Crippen molar-refractivity contribution >= 4 is 33.6 Å². The van der Waals surface area contributed by atoms with Crippen molar-refractivity contribution in [1.82, 2.24) is 0 Å². The highest BCUT2D eigenvalue weighted by molar-refractivity contribution is 9.10. The molecule has 2 aromatic carbocycles. The van der Waals surface area contributed by atoms with Crippen LogP contribution >= 0.6 is 27.7 Å². The Kier molecular flexibility index (Phi) is 6.05. The summed E-state index contributed by atoms with van der Waals surface area (Å²) in [7, 11) is 0. The number of halogens is 1. The standard InChI is InChI=1S/C17H15BrN2OS/c18-14-8-6-13(7-9-14)16(15(10-19)17(20)21)22-11-12-4-2-1-3-5-12/h1-9,15-16H,11H2,(H2,20,21)/t15-,16+/m1/s1. The van der Waals surface area contributed by atoms with Gasteiger partial charge in [0.15, 0.2) is 0 Å². The monoisotopic (exact) mass is 374 g/mol. The lowest BCUT2D eigenvalue weighted by molar-refractivity contribution is -0.120. The Morgan fingerprint density at radius 1 is 1.18 bits per heavy atom. The highest BCUT2D eigenvalue weighted by Crippen LogP contribution is 2.38. The first-order valence-electron chi connectivity index (χ1n) is 6.71. The summed E-state index contributed by atoms with van der Waals surface area (Å²) in [5, 5.41) is 9.02. The fourth-order valence-electron chi connectivity index (χ4n) is 2.08. The van der Waals surface area contributed by atoms with Crippen LogP contribution in [0, 0.1) is 17.2 Å². The summed E-state index contributed by atoms with van der Waals surface area (Å²) in [6, 6.07) is 19.6. The third kappa shape index (κ3) is 4.36. The molecule has 22 heavy (non-hydrogen) atoms. The maximum atomic E-state index is 11.6. The van der Waals surface area contributed by atoms with Crippen molar-refractivity contribution in [3.05, 3.63) is 70.2 Å². The molecule has 0 bridgehead atoms. The van der Waals surface area contributed by atoms with Gasteiger partial charge in [-0.1, -0.05) is 58.4 Å². The third-order valence-corrected chi connectivity index (χ3v) is 5.15. The van der Waals surface area contributed by atoms with Crippen molar-refractivity contribution < 1.29 is 4.79 Å². The molecule has 0 heterocycles. The molecule has 0 unspecified atom stereocenters. The van der Waals surface area contributed by atoms with E-state index in [1.54, 1.807) is 11.8 Å². The molecule has 3 nitrogen and oxygen atoms in total. The number of nitrogens with two attached hydrogens (primary N) is 1. The summed E-state index contributed by atoms with van der Waals surface area (Å²) in [6.45, 7) is 0. The first-order chi connectivity index (χ1) is 10.6. The highest BCUT2D eigenvalue weighted by atomic mass is 79.9. The van der Waals surface area contributed by atoms with Gasteiger partial charge in [-0.2, -0.15) is 5.26 Å². The number of primary amides is 1. The van der Waals surface area contributed by atoms with Crippen molar-refractivity contribution in [2.75, 3.05) is 0 Å². The van der Waals surface area contributed by atoms with Gasteiger partial charge in [0.2, 0.25) is 5.91 Å². The minimum Gasteiger partial charge on any atom is -0.368 e. The normalized spacial score (nSPS) is 13.1. The van der Waals surface area contributed by atoms with E-state index in [1.165, 1.54) is 0 Å². The van der Waals surface area contributed by atoms with Crippen LogP contribution < -0.4 is 5.73 Å². The summed E-state index contributed by atoms with van der Waals surface area (Å²) in [5.41, 5.74) is 7.47. The zero-order valence-electron chi connectivity index (χ0n) is 11.8. The molecule has 2 N–H and O–H groups in total. The maximum absolute atomic E-state index is 11.6. The van der Waals surface area contributed by atoms with E-state index in [9.17, 15) is 10.1 Å². The maximum Gasteiger partial charge on any atom is 0.236 e. The topological polar surface area (TPSA) is 66.9 Å². The Morgan fingerprint density at radius 2 is 1.82 bits per heavy atom. The highest BCUT2D eigenvalue weighted by Gasteiger charge is 2.28. The first-order valence-corrected chi connectivity index (χ1v) is 8.56. The molecule has 0 fully saturated rings. The average Bonchev–Trinajstić information content (AvgIpc) is 2.53. The molecule has 0 aliphatic rings. The average molecular weight is 375 g/mol. The summed E-state index contributed by atoms with van der Waals surface area (Å²) in [4.78, 5) is 11.6. The van der Waals surface area contributed by atoms with E-state index in [-0.39, 0.29) is 5.25 Å². The van der Waals surface area contributed by atoms with E-state index in [4.69, 9.17) is 5.73 Å². The molecule has 0 saturated heterocycles. The second kappa shape index (κ2) is 8.02. The Balaban J connectivity index is 2.23. The van der Waals surface area contributed by atoms with Gasteiger partial charge in [-0.15, -0.1) is 11.8 Å². The molecular formula is C17H15BrN2OS. The van der Waals surface area contributed by atoms with Gasteiger partial charge in [-0.05, 0) is 23.3 Å². The van der Waals surface area contributed by atoms with E-state index in [1.807, 2.05) is 60.7 Å². The molecule has 1 amide bonds. The van der Waals surface area contributed by atoms with Crippen molar-refractivity contribution in [3.8, 4) is 6.07 Å². The van der Waals surface area contributed by atoms with Crippen LogP contribution in [0.25, 0.3) is 0 Å². The number of amides is 1. The Labute approximate surface area is 142 Å². The number of nitriles is 1. The van der Waals surface area contributed by atoms with E-state index in [0.29, 0.717) is 5.75 Å². The third-order valence-electron chi connectivity index (χ3n) is 3.22. The Morgan fingerprint density at radius 3 is 2.36 bits per heavy atom. The molecular weight excluding hydrogens is 360 g/mol. The van der Waals surface area contributed by atoms with Crippen LogP contribution in [0.3, 0.4) is 0 Å². The minimum absolute atomic E-state index is 0.282. The summed E-state index contributed by atoms with van der Waals surface area (Å²) in [6.07, 6.45) is 0. The van der Waals surface area contributed by atoms with E-state index < -0.39 is 11.8 Å². The van der Waals surface area contributed by atoms with Crippen molar-refractivity contribution in [1.29, 1.82) is 5.26 Å². The van der Waals surface area contributed by atoms with Gasteiger partial charge in [0.05, 0.1) is 11.3 Å². The number of nitrogens with zero attached hydrogens (tertiary/aromatic N) is 1. The minimum atomic E-state index is -0.852. The van der Waals surface area contributed by atoms with Crippen molar-refractivity contribution in [2.24, 2.45) is 11.7 Å². The van der Waals surface area contributed by atoms with Crippen LogP contribution in [0.15, 0.2) is 59.1 Å². The molecule has 0 radical (unpaired) electrons. The Hall–Kier alpha value is -1.77. The van der Waals surface area contributed by atoms with Crippen molar-refractivity contribution in [3.63, 3.8) is 0 Å². The van der Waals surface area contributed by atoms with Crippen molar-refractivity contribution in [2.45, 2.75) is 11.0 Å². The number of hydrogen-bond donors (Lipinski definition) is 1. The molecule has 0 spiro atoms. The number of rotatable bonds is 6. The van der Waals surface area contributed by atoms with Crippen LogP contribution in [0.4, 0.5) is 0 Å². The Bertz CT molecular complexity index is 667. The fourth-order valence-corrected chi connectivity index (χ4v) is 3.64. The molecule has 2 atom stereocenters. The second-order valence-corrected chi connectivity index (χ2v) is 6.82. The van der Waals surface area contributed by atoms with Crippen LogP contribution in [0.1, 0.15) is 16.4 Å². The lowest BCUT2D eigenvalue weighted by Crippen LogP contribution is -2.26. The van der Waals surface area contributed by atoms with Crippen LogP contribution in [0.5, 0.6) is 0 Å². The summed E-state index contributed by atoms with van der Waals surface area (Å²) >= 11 is 4.95. The first kappa shape index (κ1) is 16.6. The van der Waals surface area contributed by atoms with Gasteiger partial charge >= 0.3 is 0 Å². The molecule has 2 aromatic rings. The molecule has 112 valence electrons. The quantitative estimate of drug-likeness (QED) is 0.828. The van der Waals surface area contributed by atoms with Gasteiger partial charge in [0.25, 0.3) is 0 Å². The number of hydrogen-bond acceptors (Lipinski definition) is 3.